The summed E-state index contributed by atoms with van der Waals surface area (Å²) in [5.41, 5.74) is 5.12. The van der Waals surface area contributed by atoms with Gasteiger partial charge in [-0.3, -0.25) is 0 Å². The van der Waals surface area contributed by atoms with Crippen LogP contribution >= 0.6 is 0 Å². The van der Waals surface area contributed by atoms with Crippen LogP contribution in [0.5, 0.6) is 5.75 Å². The third kappa shape index (κ3) is 9.23. The molecule has 0 heterocycles. The van der Waals surface area contributed by atoms with Crippen molar-refractivity contribution in [3.63, 3.8) is 0 Å². The fraction of sp³-hybridized carbons (Fsp3) is 0.485. The maximum Gasteiger partial charge on any atom is 0.195 e. The van der Waals surface area contributed by atoms with Gasteiger partial charge in [0.1, 0.15) is 5.75 Å². The van der Waals surface area contributed by atoms with Crippen LogP contribution in [0.2, 0.25) is 0 Å². The second-order valence-electron chi connectivity index (χ2n) is 9.95. The van der Waals surface area contributed by atoms with Gasteiger partial charge in [-0.05, 0) is 73.3 Å². The Bertz CT molecular complexity index is 1040. The van der Waals surface area contributed by atoms with Crippen LogP contribution in [-0.4, -0.2) is 12.8 Å². The van der Waals surface area contributed by atoms with E-state index >= 15 is 0 Å². The summed E-state index contributed by atoms with van der Waals surface area (Å²) in [5, 5.41) is 11.5. The number of rotatable bonds is 14. The van der Waals surface area contributed by atoms with Gasteiger partial charge in [0, 0.05) is 42.3 Å². The molecular formula is C33H46N2O. The van der Waals surface area contributed by atoms with Crippen LogP contribution in [-0.2, 0) is 0 Å². The first kappa shape index (κ1) is 29.2. The molecule has 2 unspecified atom stereocenters. The molecule has 0 bridgehead atoms. The van der Waals surface area contributed by atoms with Gasteiger partial charge in [0.25, 0.3) is 0 Å². The van der Waals surface area contributed by atoms with Crippen molar-refractivity contribution >= 4 is 11.3 Å². The summed E-state index contributed by atoms with van der Waals surface area (Å²) in [6, 6.07) is 6.27. The smallest absolute Gasteiger partial charge is 0.195 e. The average molecular weight is 487 g/mol. The van der Waals surface area contributed by atoms with Crippen LogP contribution in [0.15, 0.2) is 60.5 Å². The van der Waals surface area contributed by atoms with Crippen molar-refractivity contribution in [2.45, 2.75) is 79.6 Å². The lowest BCUT2D eigenvalue weighted by Crippen LogP contribution is -2.15. The lowest BCUT2D eigenvalue weighted by atomic mass is 9.89. The van der Waals surface area contributed by atoms with Gasteiger partial charge in [-0.25, -0.2) is 0 Å². The number of hydrogen-bond acceptors (Lipinski definition) is 3. The van der Waals surface area contributed by atoms with E-state index in [1.165, 1.54) is 11.1 Å². The van der Waals surface area contributed by atoms with Crippen molar-refractivity contribution in [3.05, 3.63) is 71.7 Å². The molecule has 0 aliphatic heterocycles. The molecule has 3 nitrogen and oxygen atoms in total. The molecule has 0 saturated heterocycles. The monoisotopic (exact) mass is 486 g/mol. The fourth-order valence-corrected chi connectivity index (χ4v) is 3.84. The first-order valence-electron chi connectivity index (χ1n) is 13.7. The summed E-state index contributed by atoms with van der Waals surface area (Å²) in [5.74, 6) is 9.24. The van der Waals surface area contributed by atoms with Crippen LogP contribution in [0, 0.1) is 35.0 Å². The van der Waals surface area contributed by atoms with E-state index in [0.29, 0.717) is 29.3 Å². The Morgan fingerprint density at radius 1 is 1.19 bits per heavy atom. The molecule has 0 spiro atoms. The van der Waals surface area contributed by atoms with Crippen LogP contribution in [0.3, 0.4) is 0 Å². The standard InChI is InChI=1S/C33H46N2O/c1-8-12-13-14-27-16-20-30(32(22-27)36-33(35-7)23-31(34)28-17-18-28)29(25(6)10-3)19-15-26(11-4)21-24(5)9-2/h11,15-16,19-20,22-25,28,34-35H,4,8-10,12,17-18,21H2,1-3,5-7H3/b26-15+,29-19+,33-23+,34-31?. The molecule has 1 aromatic rings. The maximum atomic E-state index is 8.35. The summed E-state index contributed by atoms with van der Waals surface area (Å²) in [6.45, 7) is 15.2. The van der Waals surface area contributed by atoms with Gasteiger partial charge in [0.2, 0.25) is 0 Å². The molecule has 1 aliphatic carbocycles. The molecule has 2 atom stereocenters. The predicted octanol–water partition coefficient (Wildman–Crippen LogP) is 8.69. The highest BCUT2D eigenvalue weighted by Gasteiger charge is 2.25. The minimum Gasteiger partial charge on any atom is -0.441 e. The minimum atomic E-state index is 0.349. The van der Waals surface area contributed by atoms with E-state index in [9.17, 15) is 0 Å². The molecule has 2 N–H and O–H groups in total. The number of ether oxygens (including phenoxy) is 1. The van der Waals surface area contributed by atoms with Crippen LogP contribution in [0.4, 0.5) is 0 Å². The van der Waals surface area contributed by atoms with E-state index in [2.05, 4.69) is 82.6 Å². The van der Waals surface area contributed by atoms with Gasteiger partial charge in [0.15, 0.2) is 5.88 Å². The zero-order chi connectivity index (χ0) is 26.5. The number of hydrogen-bond donors (Lipinski definition) is 2. The van der Waals surface area contributed by atoms with E-state index in [-0.39, 0.29) is 0 Å². The minimum absolute atomic E-state index is 0.349. The summed E-state index contributed by atoms with van der Waals surface area (Å²) in [4.78, 5) is 0. The number of unbranched alkanes of at least 4 members (excludes halogenated alkanes) is 1. The fourth-order valence-electron chi connectivity index (χ4n) is 3.84. The van der Waals surface area contributed by atoms with Crippen LogP contribution < -0.4 is 10.1 Å². The van der Waals surface area contributed by atoms with Crippen LogP contribution in [0.25, 0.3) is 5.57 Å². The Morgan fingerprint density at radius 3 is 2.53 bits per heavy atom. The van der Waals surface area contributed by atoms with Crippen molar-refractivity contribution in [1.29, 1.82) is 5.41 Å². The molecule has 3 heteroatoms. The van der Waals surface area contributed by atoms with Crippen molar-refractivity contribution < 1.29 is 4.74 Å². The number of allylic oxidation sites excluding steroid dienone is 6. The van der Waals surface area contributed by atoms with Crippen molar-refractivity contribution in [3.8, 4) is 17.6 Å². The lowest BCUT2D eigenvalue weighted by Gasteiger charge is -2.20. The summed E-state index contributed by atoms with van der Waals surface area (Å²) in [7, 11) is 1.84. The van der Waals surface area contributed by atoms with E-state index < -0.39 is 0 Å². The number of benzene rings is 1. The highest BCUT2D eigenvalue weighted by molar-refractivity contribution is 5.96. The normalized spacial score (nSPS) is 16.0. The summed E-state index contributed by atoms with van der Waals surface area (Å²) < 4.78 is 6.44. The van der Waals surface area contributed by atoms with Gasteiger partial charge >= 0.3 is 0 Å². The molecule has 0 amide bonds. The zero-order valence-electron chi connectivity index (χ0n) is 23.3. The molecule has 1 fully saturated rings. The molecule has 194 valence electrons. The molecule has 36 heavy (non-hydrogen) atoms. The van der Waals surface area contributed by atoms with Crippen molar-refractivity contribution in [1.82, 2.24) is 5.32 Å². The van der Waals surface area contributed by atoms with Crippen LogP contribution in [0.1, 0.15) is 90.7 Å². The quantitative estimate of drug-likeness (QED) is 0.120. The predicted molar refractivity (Wildman–Crippen MR) is 156 cm³/mol. The van der Waals surface area contributed by atoms with Gasteiger partial charge in [0.05, 0.1) is 0 Å². The van der Waals surface area contributed by atoms with Crippen molar-refractivity contribution in [2.75, 3.05) is 7.05 Å². The van der Waals surface area contributed by atoms with Gasteiger partial charge in [-0.15, -0.1) is 0 Å². The van der Waals surface area contributed by atoms with Gasteiger partial charge < -0.3 is 15.5 Å². The molecule has 1 saturated carbocycles. The number of nitrogens with one attached hydrogen (secondary N) is 2. The Kier molecular flexibility index (Phi) is 12.3. The third-order valence-electron chi connectivity index (χ3n) is 6.83. The van der Waals surface area contributed by atoms with E-state index in [1.807, 2.05) is 25.3 Å². The Balaban J connectivity index is 2.56. The molecule has 2 rings (SSSR count). The zero-order valence-corrected chi connectivity index (χ0v) is 23.3. The van der Waals surface area contributed by atoms with Crippen molar-refractivity contribution in [2.24, 2.45) is 17.8 Å². The highest BCUT2D eigenvalue weighted by Crippen LogP contribution is 2.35. The van der Waals surface area contributed by atoms with Gasteiger partial charge in [-0.2, -0.15) is 0 Å². The van der Waals surface area contributed by atoms with Gasteiger partial charge in [-0.1, -0.05) is 77.7 Å². The van der Waals surface area contributed by atoms with E-state index in [4.69, 9.17) is 10.1 Å². The Morgan fingerprint density at radius 2 is 1.94 bits per heavy atom. The SMILES string of the molecule is C=C/C(=C\C=C(\c1ccc(C#CCCC)cc1O/C(=C/C(=N)C1CC1)NC)C(C)CC)CC(C)CC. The first-order chi connectivity index (χ1) is 17.4. The first-order valence-corrected chi connectivity index (χ1v) is 13.7. The highest BCUT2D eigenvalue weighted by atomic mass is 16.5. The second kappa shape index (κ2) is 15.2. The van der Waals surface area contributed by atoms with E-state index in [0.717, 1.165) is 61.8 Å². The molecule has 0 aromatic heterocycles. The maximum absolute atomic E-state index is 8.35. The molecule has 1 aromatic carbocycles. The van der Waals surface area contributed by atoms with E-state index in [1.54, 1.807) is 0 Å². The summed E-state index contributed by atoms with van der Waals surface area (Å²) >= 11 is 0. The molecule has 0 radical (unpaired) electrons. The summed E-state index contributed by atoms with van der Waals surface area (Å²) in [6.07, 6.45) is 15.6. The average Bonchev–Trinajstić information content (AvgIpc) is 3.74. The Hall–Kier alpha value is -2.99. The lowest BCUT2D eigenvalue weighted by molar-refractivity contribution is 0.391. The Labute approximate surface area is 220 Å². The molecular weight excluding hydrogens is 440 g/mol. The topological polar surface area (TPSA) is 45.1 Å². The second-order valence-corrected chi connectivity index (χ2v) is 9.95. The molecule has 1 aliphatic rings. The largest absolute Gasteiger partial charge is 0.441 e. The third-order valence-corrected chi connectivity index (χ3v) is 6.83.